The Morgan fingerprint density at radius 1 is 1.11 bits per heavy atom. The van der Waals surface area contributed by atoms with Crippen LogP contribution in [0.4, 0.5) is 0 Å². The van der Waals surface area contributed by atoms with Gasteiger partial charge in [0.2, 0.25) is 0 Å². The maximum Gasteiger partial charge on any atom is 0.191 e. The molecule has 0 bridgehead atoms. The third-order valence-corrected chi connectivity index (χ3v) is 4.74. The Kier molecular flexibility index (Phi) is 16.5. The second-order valence-electron chi connectivity index (χ2n) is 7.04. The number of unbranched alkanes of at least 4 members (excludes halogenated alkanes) is 1. The monoisotopic (exact) mass is 508 g/mol. The van der Waals surface area contributed by atoms with Gasteiger partial charge < -0.3 is 19.9 Å². The molecule has 7 nitrogen and oxygen atoms in total. The number of hydrogen-bond donors (Lipinski definition) is 2. The Hall–Kier alpha value is -0.900. The maximum absolute atomic E-state index is 5.42. The number of aliphatic imine (C=N–C) groups is 1. The molecule has 0 saturated carbocycles. The third kappa shape index (κ3) is 11.2. The van der Waals surface area contributed by atoms with Crippen molar-refractivity contribution in [3.63, 3.8) is 0 Å². The van der Waals surface area contributed by atoms with E-state index in [1.165, 1.54) is 32.1 Å². The summed E-state index contributed by atoms with van der Waals surface area (Å²) in [5.74, 6) is 3.33. The van der Waals surface area contributed by atoms with E-state index in [1.807, 2.05) is 25.5 Å². The van der Waals surface area contributed by atoms with Gasteiger partial charge in [-0.05, 0) is 39.0 Å². The highest BCUT2D eigenvalue weighted by Crippen LogP contribution is 2.13. The van der Waals surface area contributed by atoms with Crippen molar-refractivity contribution in [1.82, 2.24) is 25.4 Å². The largest absolute Gasteiger partial charge is 0.382 e. The fourth-order valence-electron chi connectivity index (χ4n) is 2.93. The highest BCUT2D eigenvalue weighted by Gasteiger charge is 2.10. The molecule has 0 amide bonds. The molecule has 1 heterocycles. The van der Waals surface area contributed by atoms with E-state index in [1.54, 1.807) is 0 Å². The van der Waals surface area contributed by atoms with Crippen molar-refractivity contribution in [3.8, 4) is 0 Å². The molecule has 164 valence electrons. The van der Waals surface area contributed by atoms with E-state index in [-0.39, 0.29) is 24.0 Å². The number of aryl methyl sites for hydroxylation is 1. The van der Waals surface area contributed by atoms with E-state index in [0.717, 1.165) is 50.3 Å². The first-order chi connectivity index (χ1) is 13.1. The predicted octanol–water partition coefficient (Wildman–Crippen LogP) is 3.81. The summed E-state index contributed by atoms with van der Waals surface area (Å²) in [5, 5.41) is 15.3. The molecule has 1 unspecified atom stereocenters. The predicted molar refractivity (Wildman–Crippen MR) is 127 cm³/mol. The van der Waals surface area contributed by atoms with Crippen LogP contribution in [0.3, 0.4) is 0 Å². The lowest BCUT2D eigenvalue weighted by Crippen LogP contribution is -2.40. The lowest BCUT2D eigenvalue weighted by Gasteiger charge is -2.19. The minimum atomic E-state index is 0. The van der Waals surface area contributed by atoms with Crippen molar-refractivity contribution in [3.05, 3.63) is 11.6 Å². The lowest BCUT2D eigenvalue weighted by atomic mass is 9.97. The van der Waals surface area contributed by atoms with Crippen LogP contribution >= 0.6 is 24.0 Å². The molecule has 1 aromatic heterocycles. The minimum absolute atomic E-state index is 0. The summed E-state index contributed by atoms with van der Waals surface area (Å²) in [4.78, 5) is 4.73. The van der Waals surface area contributed by atoms with E-state index < -0.39 is 0 Å². The molecule has 0 aromatic carbocycles. The van der Waals surface area contributed by atoms with Crippen LogP contribution in [0, 0.1) is 12.8 Å². The average Bonchev–Trinajstić information content (AvgIpc) is 2.99. The number of rotatable bonds is 14. The average molecular weight is 508 g/mol. The van der Waals surface area contributed by atoms with Crippen molar-refractivity contribution in [1.29, 1.82) is 0 Å². The molecule has 28 heavy (non-hydrogen) atoms. The number of nitrogens with one attached hydrogen (secondary N) is 2. The van der Waals surface area contributed by atoms with Crippen LogP contribution in [0.1, 0.15) is 70.9 Å². The van der Waals surface area contributed by atoms with Crippen molar-refractivity contribution < 1.29 is 4.74 Å². The van der Waals surface area contributed by atoms with Crippen LogP contribution in [0.25, 0.3) is 0 Å². The maximum atomic E-state index is 5.42. The Balaban J connectivity index is 0.00000729. The van der Waals surface area contributed by atoms with Gasteiger partial charge in [0.25, 0.3) is 0 Å². The molecule has 0 fully saturated rings. The highest BCUT2D eigenvalue weighted by molar-refractivity contribution is 14.0. The number of guanidine groups is 1. The normalized spacial score (nSPS) is 12.5. The van der Waals surface area contributed by atoms with Crippen LogP contribution < -0.4 is 10.6 Å². The van der Waals surface area contributed by atoms with E-state index >= 15 is 0 Å². The van der Waals surface area contributed by atoms with Gasteiger partial charge in [0.05, 0.1) is 0 Å². The smallest absolute Gasteiger partial charge is 0.191 e. The molecule has 1 aromatic rings. The molecule has 8 heteroatoms. The molecule has 0 radical (unpaired) electrons. The van der Waals surface area contributed by atoms with Crippen LogP contribution in [0.5, 0.6) is 0 Å². The molecule has 2 N–H and O–H groups in total. The van der Waals surface area contributed by atoms with E-state index in [0.29, 0.717) is 12.5 Å². The first kappa shape index (κ1) is 27.1. The van der Waals surface area contributed by atoms with Gasteiger partial charge in [-0.2, -0.15) is 0 Å². The van der Waals surface area contributed by atoms with Crippen LogP contribution in [-0.4, -0.2) is 47.0 Å². The summed E-state index contributed by atoms with van der Waals surface area (Å²) in [5.41, 5.74) is 0. The second-order valence-corrected chi connectivity index (χ2v) is 7.04. The zero-order valence-corrected chi connectivity index (χ0v) is 20.8. The first-order valence-electron chi connectivity index (χ1n) is 10.6. The quantitative estimate of drug-likeness (QED) is 0.173. The van der Waals surface area contributed by atoms with Gasteiger partial charge in [0, 0.05) is 33.4 Å². The van der Waals surface area contributed by atoms with Gasteiger partial charge in [0.15, 0.2) is 11.8 Å². The van der Waals surface area contributed by atoms with Crippen molar-refractivity contribution in [2.24, 2.45) is 18.0 Å². The summed E-state index contributed by atoms with van der Waals surface area (Å²) in [7, 11) is 1.98. The summed E-state index contributed by atoms with van der Waals surface area (Å²) >= 11 is 0. The first-order valence-corrected chi connectivity index (χ1v) is 10.6. The number of ether oxygens (including phenoxy) is 1. The molecule has 0 spiro atoms. The van der Waals surface area contributed by atoms with Gasteiger partial charge in [0.1, 0.15) is 12.4 Å². The highest BCUT2D eigenvalue weighted by atomic mass is 127. The fourth-order valence-corrected chi connectivity index (χ4v) is 2.93. The number of hydrogen-bond acceptors (Lipinski definition) is 4. The molecular formula is C20H41IN6O. The topological polar surface area (TPSA) is 76.4 Å². The third-order valence-electron chi connectivity index (χ3n) is 4.74. The number of aromatic nitrogens is 3. The SMILES string of the molecule is CCCCC(CCC)CNC(=NCc1nnc(C)n1C)NCCCOCC.I. The van der Waals surface area contributed by atoms with E-state index in [4.69, 9.17) is 9.73 Å². The Labute approximate surface area is 188 Å². The fraction of sp³-hybridized carbons (Fsp3) is 0.850. The summed E-state index contributed by atoms with van der Waals surface area (Å²) in [6.07, 6.45) is 7.26. The summed E-state index contributed by atoms with van der Waals surface area (Å²) in [6, 6.07) is 0. The van der Waals surface area contributed by atoms with E-state index in [9.17, 15) is 0 Å². The standard InChI is InChI=1S/C20H40N6O.HI/c1-6-9-12-18(11-7-2)15-22-20(21-13-10-14-27-8-3)23-16-19-25-24-17(4)26(19)5;/h18H,6-16H2,1-5H3,(H2,21,22,23);1H. The summed E-state index contributed by atoms with van der Waals surface area (Å²) < 4.78 is 7.40. The van der Waals surface area contributed by atoms with E-state index in [2.05, 4.69) is 34.7 Å². The molecule has 0 aliphatic heterocycles. The van der Waals surface area contributed by atoms with Gasteiger partial charge in [-0.3, -0.25) is 0 Å². The lowest BCUT2D eigenvalue weighted by molar-refractivity contribution is 0.145. The zero-order valence-electron chi connectivity index (χ0n) is 18.5. The van der Waals surface area contributed by atoms with Crippen molar-refractivity contribution in [2.45, 2.75) is 72.8 Å². The molecular weight excluding hydrogens is 467 g/mol. The minimum Gasteiger partial charge on any atom is -0.382 e. The van der Waals surface area contributed by atoms with Gasteiger partial charge in [-0.25, -0.2) is 4.99 Å². The van der Waals surface area contributed by atoms with Gasteiger partial charge in [-0.15, -0.1) is 34.2 Å². The second kappa shape index (κ2) is 17.0. The zero-order chi connectivity index (χ0) is 19.9. The Bertz CT molecular complexity index is 535. The van der Waals surface area contributed by atoms with Crippen LogP contribution in [0.15, 0.2) is 4.99 Å². The van der Waals surface area contributed by atoms with Crippen molar-refractivity contribution >= 4 is 29.9 Å². The van der Waals surface area contributed by atoms with Gasteiger partial charge >= 0.3 is 0 Å². The van der Waals surface area contributed by atoms with Crippen LogP contribution in [0.2, 0.25) is 0 Å². The Morgan fingerprint density at radius 2 is 1.89 bits per heavy atom. The molecule has 0 aliphatic carbocycles. The van der Waals surface area contributed by atoms with Crippen LogP contribution in [-0.2, 0) is 18.3 Å². The molecule has 1 rings (SSSR count). The number of nitrogens with zero attached hydrogens (tertiary/aromatic N) is 4. The Morgan fingerprint density at radius 3 is 2.50 bits per heavy atom. The summed E-state index contributed by atoms with van der Waals surface area (Å²) in [6.45, 7) is 12.4. The molecule has 0 aliphatic rings. The van der Waals surface area contributed by atoms with Gasteiger partial charge in [-0.1, -0.05) is 33.1 Å². The number of halogens is 1. The molecule has 0 saturated heterocycles. The van der Waals surface area contributed by atoms with Crippen molar-refractivity contribution in [2.75, 3.05) is 26.3 Å². The molecule has 1 atom stereocenters.